The SMILES string of the molecule is O=C(CN(Cc1ccc(F)cc1)C(=O)c1ccc(Cl)cc1)N1CCNCC1.O=C(O)C(F)(F)F. The molecule has 0 aliphatic carbocycles. The largest absolute Gasteiger partial charge is 0.490 e. The first-order valence-electron chi connectivity index (χ1n) is 10.0. The maximum atomic E-state index is 13.2. The van der Waals surface area contributed by atoms with Gasteiger partial charge in [0.05, 0.1) is 0 Å². The zero-order valence-corrected chi connectivity index (χ0v) is 18.6. The first-order valence-corrected chi connectivity index (χ1v) is 10.4. The summed E-state index contributed by atoms with van der Waals surface area (Å²) in [4.78, 5) is 37.8. The highest BCUT2D eigenvalue weighted by molar-refractivity contribution is 6.30. The lowest BCUT2D eigenvalue weighted by Gasteiger charge is -2.30. The first-order chi connectivity index (χ1) is 16.0. The molecule has 2 amide bonds. The van der Waals surface area contributed by atoms with Gasteiger partial charge in [-0.15, -0.1) is 0 Å². The molecular weight excluding hydrogens is 482 g/mol. The molecule has 1 fully saturated rings. The second-order valence-corrected chi connectivity index (χ2v) is 7.66. The van der Waals surface area contributed by atoms with Gasteiger partial charge >= 0.3 is 12.1 Å². The van der Waals surface area contributed by atoms with E-state index in [1.54, 1.807) is 41.3 Å². The van der Waals surface area contributed by atoms with Crippen LogP contribution in [0.1, 0.15) is 15.9 Å². The second-order valence-electron chi connectivity index (χ2n) is 7.23. The van der Waals surface area contributed by atoms with E-state index in [9.17, 15) is 27.2 Å². The molecule has 1 aliphatic rings. The number of hydrogen-bond acceptors (Lipinski definition) is 4. The number of carboxylic acid groups (broad SMARTS) is 1. The number of nitrogens with zero attached hydrogens (tertiary/aromatic N) is 2. The van der Waals surface area contributed by atoms with E-state index in [2.05, 4.69) is 5.32 Å². The second kappa shape index (κ2) is 12.3. The van der Waals surface area contributed by atoms with Crippen LogP contribution in [0.25, 0.3) is 0 Å². The quantitative estimate of drug-likeness (QED) is 0.612. The van der Waals surface area contributed by atoms with Crippen molar-refractivity contribution in [2.24, 2.45) is 0 Å². The molecule has 0 spiro atoms. The summed E-state index contributed by atoms with van der Waals surface area (Å²) >= 11 is 5.90. The number of hydrogen-bond donors (Lipinski definition) is 2. The monoisotopic (exact) mass is 503 g/mol. The van der Waals surface area contributed by atoms with E-state index in [1.807, 2.05) is 0 Å². The van der Waals surface area contributed by atoms with Crippen LogP contribution in [0.4, 0.5) is 17.6 Å². The summed E-state index contributed by atoms with van der Waals surface area (Å²) in [5, 5.41) is 10.9. The Morgan fingerprint density at radius 2 is 1.53 bits per heavy atom. The zero-order valence-electron chi connectivity index (χ0n) is 17.8. The van der Waals surface area contributed by atoms with E-state index in [4.69, 9.17) is 21.5 Å². The summed E-state index contributed by atoms with van der Waals surface area (Å²) in [5.74, 6) is -3.46. The summed E-state index contributed by atoms with van der Waals surface area (Å²) in [6.07, 6.45) is -5.08. The molecule has 0 radical (unpaired) electrons. The van der Waals surface area contributed by atoms with E-state index in [0.717, 1.165) is 18.7 Å². The number of carboxylic acids is 1. The molecule has 0 unspecified atom stereocenters. The van der Waals surface area contributed by atoms with Crippen molar-refractivity contribution in [1.82, 2.24) is 15.1 Å². The van der Waals surface area contributed by atoms with Crippen molar-refractivity contribution in [1.29, 1.82) is 0 Å². The lowest BCUT2D eigenvalue weighted by atomic mass is 10.1. The number of nitrogens with one attached hydrogen (secondary N) is 1. The predicted molar refractivity (Wildman–Crippen MR) is 116 cm³/mol. The van der Waals surface area contributed by atoms with Gasteiger partial charge < -0.3 is 20.2 Å². The molecule has 12 heteroatoms. The molecule has 2 N–H and O–H groups in total. The van der Waals surface area contributed by atoms with E-state index >= 15 is 0 Å². The van der Waals surface area contributed by atoms with Gasteiger partial charge in [0.25, 0.3) is 5.91 Å². The van der Waals surface area contributed by atoms with E-state index in [-0.39, 0.29) is 30.7 Å². The van der Waals surface area contributed by atoms with Gasteiger partial charge in [-0.05, 0) is 42.0 Å². The normalized spacial score (nSPS) is 13.5. The van der Waals surface area contributed by atoms with Crippen LogP contribution in [-0.2, 0) is 16.1 Å². The van der Waals surface area contributed by atoms with E-state index in [0.29, 0.717) is 23.7 Å². The molecule has 34 heavy (non-hydrogen) atoms. The van der Waals surface area contributed by atoms with Crippen LogP contribution < -0.4 is 5.32 Å². The minimum absolute atomic E-state index is 0.0289. The van der Waals surface area contributed by atoms with Crippen molar-refractivity contribution in [3.8, 4) is 0 Å². The Bertz CT molecular complexity index is 979. The third-order valence-electron chi connectivity index (χ3n) is 4.70. The number of carbonyl (C=O) groups excluding carboxylic acids is 2. The molecule has 1 heterocycles. The minimum Gasteiger partial charge on any atom is -0.475 e. The van der Waals surface area contributed by atoms with Crippen LogP contribution in [0.15, 0.2) is 48.5 Å². The summed E-state index contributed by atoms with van der Waals surface area (Å²) in [5.41, 5.74) is 1.21. The highest BCUT2D eigenvalue weighted by Crippen LogP contribution is 2.15. The number of piperazine rings is 1. The van der Waals surface area contributed by atoms with Crippen molar-refractivity contribution in [3.63, 3.8) is 0 Å². The van der Waals surface area contributed by atoms with Crippen molar-refractivity contribution in [3.05, 3.63) is 70.5 Å². The van der Waals surface area contributed by atoms with Crippen LogP contribution in [0.2, 0.25) is 5.02 Å². The number of alkyl halides is 3. The molecule has 0 atom stereocenters. The van der Waals surface area contributed by atoms with Crippen molar-refractivity contribution in [2.45, 2.75) is 12.7 Å². The van der Waals surface area contributed by atoms with Gasteiger partial charge in [-0.25, -0.2) is 9.18 Å². The van der Waals surface area contributed by atoms with Gasteiger partial charge in [0.1, 0.15) is 12.4 Å². The van der Waals surface area contributed by atoms with Crippen LogP contribution in [0.3, 0.4) is 0 Å². The summed E-state index contributed by atoms with van der Waals surface area (Å²) in [7, 11) is 0. The zero-order chi connectivity index (χ0) is 25.3. The fourth-order valence-corrected chi connectivity index (χ4v) is 3.09. The predicted octanol–water partition coefficient (Wildman–Crippen LogP) is 3.19. The van der Waals surface area contributed by atoms with Crippen LogP contribution in [0.5, 0.6) is 0 Å². The first kappa shape index (κ1) is 27.1. The van der Waals surface area contributed by atoms with Gasteiger partial charge in [-0.2, -0.15) is 13.2 Å². The molecule has 2 aromatic rings. The number of amides is 2. The van der Waals surface area contributed by atoms with Gasteiger partial charge in [-0.3, -0.25) is 9.59 Å². The maximum Gasteiger partial charge on any atom is 0.490 e. The summed E-state index contributed by atoms with van der Waals surface area (Å²) in [6.45, 7) is 2.93. The van der Waals surface area contributed by atoms with Gasteiger partial charge in [0.15, 0.2) is 0 Å². The Morgan fingerprint density at radius 3 is 2.03 bits per heavy atom. The maximum absolute atomic E-state index is 13.2. The number of aliphatic carboxylic acids is 1. The fraction of sp³-hybridized carbons (Fsp3) is 0.318. The van der Waals surface area contributed by atoms with Crippen LogP contribution >= 0.6 is 11.6 Å². The third kappa shape index (κ3) is 8.64. The molecular formula is C22H22ClF4N3O4. The van der Waals surface area contributed by atoms with E-state index in [1.165, 1.54) is 17.0 Å². The molecule has 0 aromatic heterocycles. The molecule has 1 aliphatic heterocycles. The topological polar surface area (TPSA) is 90.0 Å². The minimum atomic E-state index is -5.08. The molecule has 3 rings (SSSR count). The van der Waals surface area contributed by atoms with Crippen LogP contribution in [-0.4, -0.2) is 71.6 Å². The Morgan fingerprint density at radius 1 is 1.00 bits per heavy atom. The fourth-order valence-electron chi connectivity index (χ4n) is 2.96. The number of benzene rings is 2. The van der Waals surface area contributed by atoms with Crippen LogP contribution in [0, 0.1) is 5.82 Å². The molecule has 1 saturated heterocycles. The molecule has 0 saturated carbocycles. The Hall–Kier alpha value is -3.18. The van der Waals surface area contributed by atoms with Crippen molar-refractivity contribution in [2.75, 3.05) is 32.7 Å². The lowest BCUT2D eigenvalue weighted by molar-refractivity contribution is -0.192. The molecule has 184 valence electrons. The summed E-state index contributed by atoms with van der Waals surface area (Å²) in [6, 6.07) is 12.5. The average Bonchev–Trinajstić information content (AvgIpc) is 2.80. The van der Waals surface area contributed by atoms with Gasteiger partial charge in [-0.1, -0.05) is 23.7 Å². The Kier molecular flexibility index (Phi) is 9.82. The lowest BCUT2D eigenvalue weighted by Crippen LogP contribution is -2.50. The third-order valence-corrected chi connectivity index (χ3v) is 4.96. The summed E-state index contributed by atoms with van der Waals surface area (Å²) < 4.78 is 44.9. The number of carbonyl (C=O) groups is 3. The average molecular weight is 504 g/mol. The van der Waals surface area contributed by atoms with E-state index < -0.39 is 12.1 Å². The van der Waals surface area contributed by atoms with Gasteiger partial charge in [0.2, 0.25) is 5.91 Å². The standard InChI is InChI=1S/C20H21ClFN3O2.C2HF3O2/c21-17-5-3-16(4-6-17)20(27)25(13-15-1-7-18(22)8-2-15)14-19(26)24-11-9-23-10-12-24;3-2(4,5)1(6)7/h1-8,23H,9-14H2;(H,6,7). The van der Waals surface area contributed by atoms with Gasteiger partial charge in [0, 0.05) is 43.3 Å². The smallest absolute Gasteiger partial charge is 0.475 e. The molecule has 0 bridgehead atoms. The number of halogens is 5. The Balaban J connectivity index is 0.000000509. The highest BCUT2D eigenvalue weighted by Gasteiger charge is 2.38. The molecule has 7 nitrogen and oxygen atoms in total. The highest BCUT2D eigenvalue weighted by atomic mass is 35.5. The van der Waals surface area contributed by atoms with Crippen molar-refractivity contribution < 1.29 is 37.1 Å². The number of rotatable bonds is 5. The van der Waals surface area contributed by atoms with Crippen molar-refractivity contribution >= 4 is 29.4 Å². The Labute approximate surface area is 197 Å². The molecule has 2 aromatic carbocycles.